The number of hydrogen-bond acceptors (Lipinski definition) is 4. The Morgan fingerprint density at radius 3 is 3.00 bits per heavy atom. The number of amides is 2. The molecule has 0 saturated heterocycles. The van der Waals surface area contributed by atoms with Gasteiger partial charge in [0.1, 0.15) is 0 Å². The predicted octanol–water partition coefficient (Wildman–Crippen LogP) is 4.08. The molecule has 0 spiro atoms. The van der Waals surface area contributed by atoms with E-state index in [2.05, 4.69) is 10.6 Å². The number of benzene rings is 1. The van der Waals surface area contributed by atoms with Crippen molar-refractivity contribution in [3.63, 3.8) is 0 Å². The van der Waals surface area contributed by atoms with Crippen molar-refractivity contribution in [2.45, 2.75) is 29.5 Å². The van der Waals surface area contributed by atoms with Gasteiger partial charge in [-0.05, 0) is 36.6 Å². The highest BCUT2D eigenvalue weighted by Crippen LogP contribution is 2.38. The van der Waals surface area contributed by atoms with Gasteiger partial charge in [-0.1, -0.05) is 17.7 Å². The lowest BCUT2D eigenvalue weighted by molar-refractivity contribution is -0.124. The number of thiophene rings is 1. The van der Waals surface area contributed by atoms with Crippen LogP contribution in [0.4, 0.5) is 5.69 Å². The summed E-state index contributed by atoms with van der Waals surface area (Å²) in [6.45, 7) is 1.94. The summed E-state index contributed by atoms with van der Waals surface area (Å²) in [7, 11) is 0. The number of anilines is 1. The smallest absolute Gasteiger partial charge is 0.238 e. The lowest BCUT2D eigenvalue weighted by Gasteiger charge is -2.24. The molecular weight excluding hydrogens is 352 g/mol. The van der Waals surface area contributed by atoms with Gasteiger partial charge in [0.05, 0.1) is 17.0 Å². The fourth-order valence-electron chi connectivity index (χ4n) is 2.33. The Morgan fingerprint density at radius 1 is 1.43 bits per heavy atom. The van der Waals surface area contributed by atoms with Gasteiger partial charge in [-0.25, -0.2) is 0 Å². The second-order valence-electron chi connectivity index (χ2n) is 5.24. The Bertz CT molecular complexity index is 734. The van der Waals surface area contributed by atoms with Crippen LogP contribution in [0.1, 0.15) is 24.3 Å². The third kappa shape index (κ3) is 3.88. The number of nitrogens with one attached hydrogen (secondary N) is 2. The fraction of sp³-hybridized carbons (Fsp3) is 0.250. The monoisotopic (exact) mass is 366 g/mol. The Morgan fingerprint density at radius 2 is 2.26 bits per heavy atom. The number of thioether (sulfide) groups is 1. The average molecular weight is 367 g/mol. The minimum atomic E-state index is -0.431. The van der Waals surface area contributed by atoms with Gasteiger partial charge in [-0.2, -0.15) is 0 Å². The van der Waals surface area contributed by atoms with Crippen LogP contribution in [0.15, 0.2) is 40.6 Å². The van der Waals surface area contributed by atoms with E-state index in [9.17, 15) is 9.59 Å². The van der Waals surface area contributed by atoms with E-state index in [0.29, 0.717) is 10.7 Å². The van der Waals surface area contributed by atoms with Crippen LogP contribution in [0.3, 0.4) is 0 Å². The summed E-state index contributed by atoms with van der Waals surface area (Å²) in [5.41, 5.74) is 0.705. The normalized spacial score (nSPS) is 18.0. The summed E-state index contributed by atoms with van der Waals surface area (Å²) in [5, 5.41) is 7.88. The molecule has 120 valence electrons. The van der Waals surface area contributed by atoms with Crippen molar-refractivity contribution in [2.75, 3.05) is 5.32 Å². The van der Waals surface area contributed by atoms with Crippen LogP contribution in [-0.4, -0.2) is 17.1 Å². The summed E-state index contributed by atoms with van der Waals surface area (Å²) in [6, 6.07) is 9.25. The standard InChI is InChI=1S/C16H15ClN2O2S2/c1-9(12-3-2-6-22-12)18-15(20)8-14-16(21)19-11-7-10(17)4-5-13(11)23-14/h2-7,9,14H,8H2,1H3,(H,18,20)(H,19,21)/t9-,14+/m0/s1. The summed E-state index contributed by atoms with van der Waals surface area (Å²) in [6.07, 6.45) is 0.147. The predicted molar refractivity (Wildman–Crippen MR) is 95.2 cm³/mol. The van der Waals surface area contributed by atoms with Crippen LogP contribution >= 0.6 is 34.7 Å². The zero-order valence-electron chi connectivity index (χ0n) is 12.3. The van der Waals surface area contributed by atoms with E-state index in [1.165, 1.54) is 11.8 Å². The van der Waals surface area contributed by atoms with Crippen LogP contribution in [0, 0.1) is 0 Å². The van der Waals surface area contributed by atoms with Crippen molar-refractivity contribution >= 4 is 52.2 Å². The molecule has 3 rings (SSSR count). The van der Waals surface area contributed by atoms with Crippen molar-refractivity contribution < 1.29 is 9.59 Å². The Balaban J connectivity index is 1.63. The quantitative estimate of drug-likeness (QED) is 0.857. The SMILES string of the molecule is C[C@H](NC(=O)C[C@H]1Sc2ccc(Cl)cc2NC1=O)c1cccs1. The van der Waals surface area contributed by atoms with E-state index >= 15 is 0 Å². The molecule has 2 heterocycles. The lowest BCUT2D eigenvalue weighted by atomic mass is 10.2. The molecule has 1 aliphatic heterocycles. The number of rotatable bonds is 4. The lowest BCUT2D eigenvalue weighted by Crippen LogP contribution is -2.35. The van der Waals surface area contributed by atoms with Crippen molar-refractivity contribution in [3.05, 3.63) is 45.6 Å². The van der Waals surface area contributed by atoms with E-state index in [-0.39, 0.29) is 24.3 Å². The first-order valence-corrected chi connectivity index (χ1v) is 9.26. The topological polar surface area (TPSA) is 58.2 Å². The van der Waals surface area contributed by atoms with Gasteiger partial charge < -0.3 is 10.6 Å². The van der Waals surface area contributed by atoms with Crippen LogP contribution in [0.25, 0.3) is 0 Å². The Labute approximate surface area is 147 Å². The molecule has 2 atom stereocenters. The third-order valence-electron chi connectivity index (χ3n) is 3.48. The highest BCUT2D eigenvalue weighted by Gasteiger charge is 2.29. The van der Waals surface area contributed by atoms with E-state index < -0.39 is 5.25 Å². The maximum atomic E-state index is 12.2. The average Bonchev–Trinajstić information content (AvgIpc) is 3.02. The maximum Gasteiger partial charge on any atom is 0.238 e. The minimum Gasteiger partial charge on any atom is -0.349 e. The largest absolute Gasteiger partial charge is 0.349 e. The molecule has 0 radical (unpaired) electrons. The number of halogens is 1. The zero-order chi connectivity index (χ0) is 16.4. The molecule has 7 heteroatoms. The third-order valence-corrected chi connectivity index (χ3v) is 6.04. The molecule has 0 bridgehead atoms. The van der Waals surface area contributed by atoms with Crippen molar-refractivity contribution in [1.82, 2.24) is 5.32 Å². The minimum absolute atomic E-state index is 0.0507. The van der Waals surface area contributed by atoms with Gasteiger partial charge in [0.25, 0.3) is 0 Å². The zero-order valence-corrected chi connectivity index (χ0v) is 14.7. The first kappa shape index (κ1) is 16.4. The maximum absolute atomic E-state index is 12.2. The van der Waals surface area contributed by atoms with Crippen LogP contribution in [-0.2, 0) is 9.59 Å². The van der Waals surface area contributed by atoms with E-state index in [0.717, 1.165) is 9.77 Å². The van der Waals surface area contributed by atoms with Gasteiger partial charge in [0.15, 0.2) is 0 Å². The molecular formula is C16H15ClN2O2S2. The first-order chi connectivity index (χ1) is 11.0. The molecule has 2 N–H and O–H groups in total. The van der Waals surface area contributed by atoms with Gasteiger partial charge in [-0.3, -0.25) is 9.59 Å². The Hall–Kier alpha value is -1.50. The highest BCUT2D eigenvalue weighted by molar-refractivity contribution is 8.01. The van der Waals surface area contributed by atoms with Crippen LogP contribution in [0.5, 0.6) is 0 Å². The van der Waals surface area contributed by atoms with Gasteiger partial charge in [0, 0.05) is 21.2 Å². The van der Waals surface area contributed by atoms with Gasteiger partial charge in [-0.15, -0.1) is 23.1 Å². The van der Waals surface area contributed by atoms with E-state index in [1.54, 1.807) is 23.5 Å². The van der Waals surface area contributed by atoms with Crippen molar-refractivity contribution in [3.8, 4) is 0 Å². The molecule has 0 fully saturated rings. The molecule has 1 aromatic carbocycles. The number of carbonyl (C=O) groups is 2. The van der Waals surface area contributed by atoms with Crippen LogP contribution < -0.4 is 10.6 Å². The summed E-state index contributed by atoms with van der Waals surface area (Å²) in [4.78, 5) is 26.4. The molecule has 2 amide bonds. The Kier molecular flexibility index (Phi) is 4.94. The van der Waals surface area contributed by atoms with Crippen molar-refractivity contribution in [1.29, 1.82) is 0 Å². The molecule has 0 aliphatic carbocycles. The number of fused-ring (bicyclic) bond motifs is 1. The first-order valence-electron chi connectivity index (χ1n) is 7.13. The molecule has 0 unspecified atom stereocenters. The fourth-order valence-corrected chi connectivity index (χ4v) is 4.33. The van der Waals surface area contributed by atoms with Gasteiger partial charge in [0.2, 0.25) is 11.8 Å². The van der Waals surface area contributed by atoms with E-state index in [4.69, 9.17) is 11.6 Å². The molecule has 4 nitrogen and oxygen atoms in total. The molecule has 1 aliphatic rings. The summed E-state index contributed by atoms with van der Waals surface area (Å²) < 4.78 is 0. The van der Waals surface area contributed by atoms with Crippen molar-refractivity contribution in [2.24, 2.45) is 0 Å². The molecule has 0 saturated carbocycles. The van der Waals surface area contributed by atoms with E-state index in [1.807, 2.05) is 30.5 Å². The molecule has 2 aromatic rings. The number of carbonyl (C=O) groups excluding carboxylic acids is 2. The molecule has 23 heavy (non-hydrogen) atoms. The summed E-state index contributed by atoms with van der Waals surface area (Å²) in [5.74, 6) is -0.292. The molecule has 1 aromatic heterocycles. The second kappa shape index (κ2) is 6.95. The summed E-state index contributed by atoms with van der Waals surface area (Å²) >= 11 is 8.93. The highest BCUT2D eigenvalue weighted by atomic mass is 35.5. The number of hydrogen-bond donors (Lipinski definition) is 2. The van der Waals surface area contributed by atoms with Crippen LogP contribution in [0.2, 0.25) is 5.02 Å². The van der Waals surface area contributed by atoms with Gasteiger partial charge >= 0.3 is 0 Å². The second-order valence-corrected chi connectivity index (χ2v) is 7.91.